The Morgan fingerprint density at radius 3 is 2.38 bits per heavy atom. The van der Waals surface area contributed by atoms with Gasteiger partial charge in [-0.05, 0) is 31.2 Å². The number of halogens is 1. The first-order valence-electron chi connectivity index (χ1n) is 6.34. The van der Waals surface area contributed by atoms with Crippen LogP contribution < -0.4 is 4.74 Å². The van der Waals surface area contributed by atoms with Crippen molar-refractivity contribution in [2.45, 2.75) is 6.92 Å². The Balaban J connectivity index is 2.55. The van der Waals surface area contributed by atoms with Crippen LogP contribution in [0.5, 0.6) is 5.75 Å². The highest BCUT2D eigenvalue weighted by molar-refractivity contribution is 9.10. The first-order valence-corrected chi connectivity index (χ1v) is 7.13. The Morgan fingerprint density at radius 1 is 1.10 bits per heavy atom. The van der Waals surface area contributed by atoms with Crippen LogP contribution in [0, 0.1) is 0 Å². The standard InChI is InChI=1S/C16H13BrO4/c1-2-21-14-8-7-10(17)9-13(14)15(18)11-5-3-4-6-12(11)16(19)20/h3-9H,2H2,1H3,(H,19,20). The molecule has 0 spiro atoms. The van der Waals surface area contributed by atoms with Crippen LogP contribution in [0.25, 0.3) is 0 Å². The zero-order valence-electron chi connectivity index (χ0n) is 11.3. The van der Waals surface area contributed by atoms with Crippen molar-refractivity contribution in [2.75, 3.05) is 6.61 Å². The Hall–Kier alpha value is -2.14. The highest BCUT2D eigenvalue weighted by Gasteiger charge is 2.20. The van der Waals surface area contributed by atoms with E-state index in [4.69, 9.17) is 4.74 Å². The van der Waals surface area contributed by atoms with E-state index in [0.29, 0.717) is 17.9 Å². The van der Waals surface area contributed by atoms with Crippen LogP contribution in [0.15, 0.2) is 46.9 Å². The van der Waals surface area contributed by atoms with Gasteiger partial charge in [-0.15, -0.1) is 0 Å². The summed E-state index contributed by atoms with van der Waals surface area (Å²) in [5.74, 6) is -1.07. The lowest BCUT2D eigenvalue weighted by atomic mass is 9.98. The van der Waals surface area contributed by atoms with Crippen LogP contribution >= 0.6 is 15.9 Å². The van der Waals surface area contributed by atoms with Crippen LogP contribution in [0.1, 0.15) is 33.2 Å². The van der Waals surface area contributed by atoms with Gasteiger partial charge in [-0.2, -0.15) is 0 Å². The topological polar surface area (TPSA) is 63.6 Å². The smallest absolute Gasteiger partial charge is 0.336 e. The molecular weight excluding hydrogens is 336 g/mol. The lowest BCUT2D eigenvalue weighted by Gasteiger charge is -2.11. The fraction of sp³-hybridized carbons (Fsp3) is 0.125. The zero-order valence-corrected chi connectivity index (χ0v) is 12.9. The molecule has 1 N–H and O–H groups in total. The predicted octanol–water partition coefficient (Wildman–Crippen LogP) is 3.78. The maximum Gasteiger partial charge on any atom is 0.336 e. The highest BCUT2D eigenvalue weighted by atomic mass is 79.9. The molecule has 0 aliphatic rings. The van der Waals surface area contributed by atoms with Crippen molar-refractivity contribution in [3.8, 4) is 5.75 Å². The Morgan fingerprint density at radius 2 is 1.76 bits per heavy atom. The van der Waals surface area contributed by atoms with E-state index in [1.807, 2.05) is 6.92 Å². The van der Waals surface area contributed by atoms with Crippen molar-refractivity contribution in [1.29, 1.82) is 0 Å². The molecule has 0 amide bonds. The first kappa shape index (κ1) is 15.3. The first-order chi connectivity index (χ1) is 10.0. The van der Waals surface area contributed by atoms with Gasteiger partial charge in [0.1, 0.15) is 5.75 Å². The summed E-state index contributed by atoms with van der Waals surface area (Å²) in [4.78, 5) is 23.9. The summed E-state index contributed by atoms with van der Waals surface area (Å²) in [7, 11) is 0. The molecule has 0 bridgehead atoms. The van der Waals surface area contributed by atoms with Gasteiger partial charge in [0.25, 0.3) is 0 Å². The molecule has 2 aromatic carbocycles. The van der Waals surface area contributed by atoms with Crippen LogP contribution in [0.4, 0.5) is 0 Å². The number of benzene rings is 2. The maximum atomic E-state index is 12.7. The molecule has 0 unspecified atom stereocenters. The van der Waals surface area contributed by atoms with E-state index in [1.165, 1.54) is 12.1 Å². The molecule has 0 atom stereocenters. The molecule has 0 aliphatic heterocycles. The summed E-state index contributed by atoms with van der Waals surface area (Å²) < 4.78 is 6.17. The van der Waals surface area contributed by atoms with Crippen molar-refractivity contribution in [1.82, 2.24) is 0 Å². The Labute approximate surface area is 130 Å². The number of ketones is 1. The fourth-order valence-electron chi connectivity index (χ4n) is 1.97. The maximum absolute atomic E-state index is 12.7. The summed E-state index contributed by atoms with van der Waals surface area (Å²) >= 11 is 3.31. The second kappa shape index (κ2) is 6.54. The van der Waals surface area contributed by atoms with Gasteiger partial charge in [0.2, 0.25) is 0 Å². The van der Waals surface area contributed by atoms with Crippen molar-refractivity contribution >= 4 is 27.7 Å². The van der Waals surface area contributed by atoms with E-state index in [-0.39, 0.29) is 16.9 Å². The molecular formula is C16H13BrO4. The third kappa shape index (κ3) is 3.31. The third-order valence-corrected chi connectivity index (χ3v) is 3.38. The second-order valence-corrected chi connectivity index (χ2v) is 5.17. The largest absolute Gasteiger partial charge is 0.493 e. The molecule has 0 aromatic heterocycles. The Bertz CT molecular complexity index is 694. The highest BCUT2D eigenvalue weighted by Crippen LogP contribution is 2.27. The average Bonchev–Trinajstić information content (AvgIpc) is 2.48. The van der Waals surface area contributed by atoms with Gasteiger partial charge in [-0.1, -0.05) is 34.1 Å². The second-order valence-electron chi connectivity index (χ2n) is 4.25. The lowest BCUT2D eigenvalue weighted by molar-refractivity contribution is 0.0692. The number of rotatable bonds is 5. The predicted molar refractivity (Wildman–Crippen MR) is 82.1 cm³/mol. The van der Waals surface area contributed by atoms with Crippen LogP contribution in [0.2, 0.25) is 0 Å². The molecule has 2 rings (SSSR count). The quantitative estimate of drug-likeness (QED) is 0.835. The number of hydrogen-bond donors (Lipinski definition) is 1. The Kier molecular flexibility index (Phi) is 4.75. The summed E-state index contributed by atoms with van der Waals surface area (Å²) in [6.07, 6.45) is 0. The van der Waals surface area contributed by atoms with Gasteiger partial charge in [-0.25, -0.2) is 4.79 Å². The molecule has 0 saturated heterocycles. The van der Waals surface area contributed by atoms with Gasteiger partial charge in [-0.3, -0.25) is 4.79 Å². The third-order valence-electron chi connectivity index (χ3n) is 2.89. The number of ether oxygens (including phenoxy) is 1. The summed E-state index contributed by atoms with van der Waals surface area (Å²) in [6, 6.07) is 11.2. The van der Waals surface area contributed by atoms with Crippen molar-refractivity contribution < 1.29 is 19.4 Å². The summed E-state index contributed by atoms with van der Waals surface area (Å²) in [6.45, 7) is 2.24. The van der Waals surface area contributed by atoms with E-state index < -0.39 is 5.97 Å². The molecule has 0 radical (unpaired) electrons. The minimum atomic E-state index is -1.13. The number of carboxylic acids is 1. The molecule has 21 heavy (non-hydrogen) atoms. The van der Waals surface area contributed by atoms with E-state index >= 15 is 0 Å². The van der Waals surface area contributed by atoms with Crippen molar-refractivity contribution in [3.05, 3.63) is 63.6 Å². The SMILES string of the molecule is CCOc1ccc(Br)cc1C(=O)c1ccccc1C(=O)O. The summed E-state index contributed by atoms with van der Waals surface area (Å²) in [5.41, 5.74) is 0.453. The van der Waals surface area contributed by atoms with E-state index in [0.717, 1.165) is 4.47 Å². The molecule has 0 saturated carbocycles. The molecule has 108 valence electrons. The monoisotopic (exact) mass is 348 g/mol. The fourth-order valence-corrected chi connectivity index (χ4v) is 2.33. The van der Waals surface area contributed by atoms with Crippen LogP contribution in [0.3, 0.4) is 0 Å². The van der Waals surface area contributed by atoms with E-state index in [1.54, 1.807) is 30.3 Å². The molecule has 0 aliphatic carbocycles. The molecule has 4 nitrogen and oxygen atoms in total. The van der Waals surface area contributed by atoms with Crippen molar-refractivity contribution in [2.24, 2.45) is 0 Å². The minimum Gasteiger partial charge on any atom is -0.493 e. The van der Waals surface area contributed by atoms with Gasteiger partial charge in [0, 0.05) is 10.0 Å². The summed E-state index contributed by atoms with van der Waals surface area (Å²) in [5, 5.41) is 9.20. The van der Waals surface area contributed by atoms with Gasteiger partial charge in [0.15, 0.2) is 5.78 Å². The lowest BCUT2D eigenvalue weighted by Crippen LogP contribution is -2.11. The van der Waals surface area contributed by atoms with Crippen LogP contribution in [-0.4, -0.2) is 23.5 Å². The minimum absolute atomic E-state index is 0.0232. The average molecular weight is 349 g/mol. The normalized spacial score (nSPS) is 10.2. The van der Waals surface area contributed by atoms with Crippen molar-refractivity contribution in [3.63, 3.8) is 0 Å². The number of hydrogen-bond acceptors (Lipinski definition) is 3. The number of carbonyl (C=O) groups excluding carboxylic acids is 1. The number of aromatic carboxylic acids is 1. The van der Waals surface area contributed by atoms with Gasteiger partial charge < -0.3 is 9.84 Å². The van der Waals surface area contributed by atoms with E-state index in [9.17, 15) is 14.7 Å². The number of carbonyl (C=O) groups is 2. The van der Waals surface area contributed by atoms with Gasteiger partial charge in [0.05, 0.1) is 17.7 Å². The van der Waals surface area contributed by atoms with E-state index in [2.05, 4.69) is 15.9 Å². The molecule has 0 heterocycles. The zero-order chi connectivity index (χ0) is 15.4. The molecule has 0 fully saturated rings. The van der Waals surface area contributed by atoms with Crippen LogP contribution in [-0.2, 0) is 0 Å². The molecule has 5 heteroatoms. The number of carboxylic acid groups (broad SMARTS) is 1. The molecule has 2 aromatic rings. The van der Waals surface area contributed by atoms with Gasteiger partial charge >= 0.3 is 5.97 Å².